The van der Waals surface area contributed by atoms with Crippen molar-refractivity contribution in [2.75, 3.05) is 13.2 Å². The summed E-state index contributed by atoms with van der Waals surface area (Å²) in [5.41, 5.74) is 7.02. The molecule has 0 saturated heterocycles. The molecule has 0 saturated carbocycles. The number of nitrogens with zero attached hydrogens (tertiary/aromatic N) is 2. The summed E-state index contributed by atoms with van der Waals surface area (Å²) in [5.74, 6) is 0. The quantitative estimate of drug-likeness (QED) is 0.700. The summed E-state index contributed by atoms with van der Waals surface area (Å²) < 4.78 is 7.30. The molecule has 14 heavy (non-hydrogen) atoms. The summed E-state index contributed by atoms with van der Waals surface area (Å²) >= 11 is 0. The van der Waals surface area contributed by atoms with Crippen LogP contribution < -0.4 is 5.73 Å². The molecule has 0 aromatic carbocycles. The molecular weight excluding hydrogens is 178 g/mol. The lowest BCUT2D eigenvalue weighted by Gasteiger charge is -2.13. The van der Waals surface area contributed by atoms with Gasteiger partial charge in [0.05, 0.1) is 18.3 Å². The Morgan fingerprint density at radius 3 is 3.00 bits per heavy atom. The minimum Gasteiger partial charge on any atom is -0.379 e. The van der Waals surface area contributed by atoms with Crippen LogP contribution >= 0.6 is 0 Å². The van der Waals surface area contributed by atoms with Gasteiger partial charge in [-0.1, -0.05) is 6.92 Å². The molecule has 0 spiro atoms. The van der Waals surface area contributed by atoms with Crippen LogP contribution in [0, 0.1) is 0 Å². The van der Waals surface area contributed by atoms with E-state index in [9.17, 15) is 0 Å². The van der Waals surface area contributed by atoms with Crippen molar-refractivity contribution in [2.45, 2.75) is 32.9 Å². The maximum absolute atomic E-state index is 5.97. The molecule has 4 nitrogen and oxygen atoms in total. The largest absolute Gasteiger partial charge is 0.379 e. The van der Waals surface area contributed by atoms with E-state index in [1.807, 2.05) is 10.7 Å². The highest BCUT2D eigenvalue weighted by Crippen LogP contribution is 2.09. The zero-order chi connectivity index (χ0) is 10.4. The van der Waals surface area contributed by atoms with Gasteiger partial charge in [0.15, 0.2) is 0 Å². The van der Waals surface area contributed by atoms with Crippen LogP contribution in [-0.2, 0) is 11.3 Å². The Labute approximate surface area is 85.0 Å². The van der Waals surface area contributed by atoms with E-state index in [1.165, 1.54) is 0 Å². The molecule has 80 valence electrons. The highest BCUT2D eigenvalue weighted by atomic mass is 16.5. The van der Waals surface area contributed by atoms with Crippen LogP contribution in [0.15, 0.2) is 12.3 Å². The molecule has 0 amide bonds. The fourth-order valence-electron chi connectivity index (χ4n) is 1.36. The minimum atomic E-state index is -0.0657. The van der Waals surface area contributed by atoms with Gasteiger partial charge in [0.2, 0.25) is 0 Å². The van der Waals surface area contributed by atoms with Crippen molar-refractivity contribution in [2.24, 2.45) is 5.73 Å². The molecule has 2 N–H and O–H groups in total. The SMILES string of the molecule is CCCOCC(N)c1ccnn1CC. The van der Waals surface area contributed by atoms with Gasteiger partial charge in [-0.15, -0.1) is 0 Å². The van der Waals surface area contributed by atoms with Gasteiger partial charge in [-0.25, -0.2) is 0 Å². The summed E-state index contributed by atoms with van der Waals surface area (Å²) in [6, 6.07) is 1.88. The van der Waals surface area contributed by atoms with Crippen LogP contribution in [0.3, 0.4) is 0 Å². The molecule has 0 aliphatic heterocycles. The molecule has 0 bridgehead atoms. The van der Waals surface area contributed by atoms with Crippen molar-refractivity contribution < 1.29 is 4.74 Å². The van der Waals surface area contributed by atoms with E-state index in [0.29, 0.717) is 6.61 Å². The van der Waals surface area contributed by atoms with E-state index < -0.39 is 0 Å². The first-order valence-corrected chi connectivity index (χ1v) is 5.14. The van der Waals surface area contributed by atoms with E-state index in [4.69, 9.17) is 10.5 Å². The molecule has 1 aromatic rings. The van der Waals surface area contributed by atoms with E-state index in [2.05, 4.69) is 18.9 Å². The standard InChI is InChI=1S/C10H19N3O/c1-3-7-14-8-9(11)10-5-6-12-13(10)4-2/h5-6,9H,3-4,7-8,11H2,1-2H3. The Bertz CT molecular complexity index is 260. The summed E-state index contributed by atoms with van der Waals surface area (Å²) in [4.78, 5) is 0. The number of hydrogen-bond donors (Lipinski definition) is 1. The Hall–Kier alpha value is -0.870. The average Bonchev–Trinajstić information content (AvgIpc) is 2.65. The van der Waals surface area contributed by atoms with Crippen LogP contribution in [0.1, 0.15) is 32.0 Å². The fraction of sp³-hybridized carbons (Fsp3) is 0.700. The van der Waals surface area contributed by atoms with Gasteiger partial charge < -0.3 is 10.5 Å². The maximum Gasteiger partial charge on any atom is 0.0704 e. The number of hydrogen-bond acceptors (Lipinski definition) is 3. The lowest BCUT2D eigenvalue weighted by Crippen LogP contribution is -2.21. The second kappa shape index (κ2) is 5.78. The zero-order valence-electron chi connectivity index (χ0n) is 8.94. The molecule has 0 aliphatic carbocycles. The molecule has 1 unspecified atom stereocenters. The van der Waals surface area contributed by atoms with Crippen LogP contribution in [0.5, 0.6) is 0 Å². The first-order valence-electron chi connectivity index (χ1n) is 5.14. The van der Waals surface area contributed by atoms with Crippen molar-refractivity contribution in [1.82, 2.24) is 9.78 Å². The molecule has 1 rings (SSSR count). The third kappa shape index (κ3) is 2.82. The molecular formula is C10H19N3O. The van der Waals surface area contributed by atoms with Gasteiger partial charge in [-0.05, 0) is 19.4 Å². The van der Waals surface area contributed by atoms with E-state index >= 15 is 0 Å². The number of aromatic nitrogens is 2. The van der Waals surface area contributed by atoms with Gasteiger partial charge in [-0.2, -0.15) is 5.10 Å². The average molecular weight is 197 g/mol. The summed E-state index contributed by atoms with van der Waals surface area (Å²) in [7, 11) is 0. The minimum absolute atomic E-state index is 0.0657. The van der Waals surface area contributed by atoms with Gasteiger partial charge in [0.25, 0.3) is 0 Å². The van der Waals surface area contributed by atoms with Crippen LogP contribution in [-0.4, -0.2) is 23.0 Å². The van der Waals surface area contributed by atoms with Crippen molar-refractivity contribution in [1.29, 1.82) is 0 Å². The second-order valence-corrected chi connectivity index (χ2v) is 3.25. The Kier molecular flexibility index (Phi) is 4.62. The first kappa shape index (κ1) is 11.2. The van der Waals surface area contributed by atoms with Crippen molar-refractivity contribution in [3.8, 4) is 0 Å². The molecule has 0 aliphatic rings. The third-order valence-electron chi connectivity index (χ3n) is 2.07. The Morgan fingerprint density at radius 1 is 1.57 bits per heavy atom. The van der Waals surface area contributed by atoms with E-state index in [-0.39, 0.29) is 6.04 Å². The fourth-order valence-corrected chi connectivity index (χ4v) is 1.36. The maximum atomic E-state index is 5.97. The zero-order valence-corrected chi connectivity index (χ0v) is 8.94. The predicted molar refractivity (Wildman–Crippen MR) is 55.9 cm³/mol. The molecule has 0 radical (unpaired) electrons. The lowest BCUT2D eigenvalue weighted by molar-refractivity contribution is 0.119. The predicted octanol–water partition coefficient (Wildman–Crippen LogP) is 1.33. The van der Waals surface area contributed by atoms with Crippen molar-refractivity contribution >= 4 is 0 Å². The number of aryl methyl sites for hydroxylation is 1. The van der Waals surface area contributed by atoms with Gasteiger partial charge in [-0.3, -0.25) is 4.68 Å². The van der Waals surface area contributed by atoms with E-state index in [0.717, 1.165) is 25.3 Å². The van der Waals surface area contributed by atoms with Crippen LogP contribution in [0.25, 0.3) is 0 Å². The number of rotatable bonds is 6. The highest BCUT2D eigenvalue weighted by molar-refractivity contribution is 5.06. The lowest BCUT2D eigenvalue weighted by atomic mass is 10.2. The summed E-state index contributed by atoms with van der Waals surface area (Å²) in [6.45, 7) is 6.33. The number of nitrogens with two attached hydrogens (primary N) is 1. The molecule has 1 atom stereocenters. The molecule has 1 aromatic heterocycles. The van der Waals surface area contributed by atoms with Gasteiger partial charge in [0, 0.05) is 19.3 Å². The van der Waals surface area contributed by atoms with Crippen molar-refractivity contribution in [3.63, 3.8) is 0 Å². The second-order valence-electron chi connectivity index (χ2n) is 3.25. The molecule has 0 fully saturated rings. The summed E-state index contributed by atoms with van der Waals surface area (Å²) in [6.07, 6.45) is 2.80. The number of ether oxygens (including phenoxy) is 1. The smallest absolute Gasteiger partial charge is 0.0704 e. The monoisotopic (exact) mass is 197 g/mol. The Balaban J connectivity index is 2.47. The van der Waals surface area contributed by atoms with Gasteiger partial charge in [0.1, 0.15) is 0 Å². The van der Waals surface area contributed by atoms with E-state index in [1.54, 1.807) is 6.20 Å². The molecule has 4 heteroatoms. The van der Waals surface area contributed by atoms with Crippen molar-refractivity contribution in [3.05, 3.63) is 18.0 Å². The van der Waals surface area contributed by atoms with Gasteiger partial charge >= 0.3 is 0 Å². The molecule has 1 heterocycles. The third-order valence-corrected chi connectivity index (χ3v) is 2.07. The Morgan fingerprint density at radius 2 is 2.36 bits per heavy atom. The summed E-state index contributed by atoms with van der Waals surface area (Å²) in [5, 5.41) is 4.17. The highest BCUT2D eigenvalue weighted by Gasteiger charge is 2.10. The van der Waals surface area contributed by atoms with Crippen LogP contribution in [0.2, 0.25) is 0 Å². The normalized spacial score (nSPS) is 13.1. The topological polar surface area (TPSA) is 53.1 Å². The first-order chi connectivity index (χ1) is 6.79. The van der Waals surface area contributed by atoms with Crippen LogP contribution in [0.4, 0.5) is 0 Å².